The molecular weight excluding hydrogens is 465 g/mol. The van der Waals surface area contributed by atoms with Crippen LogP contribution in [0.15, 0.2) is 28.6 Å². The number of nitrogens with zero attached hydrogens (tertiary/aromatic N) is 2. The third-order valence-electron chi connectivity index (χ3n) is 5.11. The van der Waals surface area contributed by atoms with Crippen molar-refractivity contribution < 1.29 is 17.9 Å². The van der Waals surface area contributed by atoms with Crippen molar-refractivity contribution in [2.24, 2.45) is 0 Å². The van der Waals surface area contributed by atoms with Gasteiger partial charge in [-0.2, -0.15) is 0 Å². The van der Waals surface area contributed by atoms with E-state index in [0.717, 1.165) is 68.9 Å². The van der Waals surface area contributed by atoms with E-state index in [2.05, 4.69) is 25.2 Å². The lowest BCUT2D eigenvalue weighted by atomic mass is 10.1. The van der Waals surface area contributed by atoms with Crippen LogP contribution < -0.4 is 15.4 Å². The fraction of sp³-hybridized carbons (Fsp3) is 0.526. The highest BCUT2D eigenvalue weighted by Crippen LogP contribution is 2.29. The van der Waals surface area contributed by atoms with Crippen molar-refractivity contribution in [2.75, 3.05) is 49.4 Å². The highest BCUT2D eigenvalue weighted by atomic mass is 35.5. The average Bonchev–Trinajstić information content (AvgIpc) is 3.12. The molecule has 4 N–H and O–H groups in total. The molecule has 0 aliphatic carbocycles. The van der Waals surface area contributed by atoms with Crippen molar-refractivity contribution in [2.45, 2.75) is 30.2 Å². The Labute approximate surface area is 190 Å². The van der Waals surface area contributed by atoms with E-state index in [1.54, 1.807) is 5.38 Å². The highest BCUT2D eigenvalue weighted by molar-refractivity contribution is 7.93. The SMILES string of the molecule is O=S(=O)(Nc1nccs1)c1cc(Cl)c(NCCCCN2CCNCCC2CO)cc1F. The Balaban J connectivity index is 1.52. The number of hydrogen-bond donors (Lipinski definition) is 4. The van der Waals surface area contributed by atoms with E-state index in [1.165, 1.54) is 6.20 Å². The van der Waals surface area contributed by atoms with Crippen LogP contribution in [0.5, 0.6) is 0 Å². The van der Waals surface area contributed by atoms with Gasteiger partial charge in [0.15, 0.2) is 5.13 Å². The number of aliphatic hydroxyl groups is 1. The maximum Gasteiger partial charge on any atom is 0.266 e. The number of aliphatic hydroxyl groups excluding tert-OH is 1. The Morgan fingerprint density at radius 2 is 2.19 bits per heavy atom. The molecule has 1 saturated heterocycles. The van der Waals surface area contributed by atoms with Gasteiger partial charge in [-0.05, 0) is 44.5 Å². The van der Waals surface area contributed by atoms with Crippen LogP contribution in [0.3, 0.4) is 0 Å². The van der Waals surface area contributed by atoms with Crippen molar-refractivity contribution in [3.8, 4) is 0 Å². The molecule has 0 spiro atoms. The van der Waals surface area contributed by atoms with Gasteiger partial charge in [0.25, 0.3) is 10.0 Å². The van der Waals surface area contributed by atoms with Gasteiger partial charge in [-0.25, -0.2) is 17.8 Å². The molecule has 1 fully saturated rings. The van der Waals surface area contributed by atoms with Gasteiger partial charge in [0.1, 0.15) is 10.7 Å². The van der Waals surface area contributed by atoms with Gasteiger partial charge in [0.2, 0.25) is 0 Å². The first-order valence-electron chi connectivity index (χ1n) is 10.1. The first-order valence-corrected chi connectivity index (χ1v) is 12.9. The van der Waals surface area contributed by atoms with Crippen molar-refractivity contribution >= 4 is 43.8 Å². The number of benzene rings is 1. The van der Waals surface area contributed by atoms with E-state index >= 15 is 0 Å². The first kappa shape index (κ1) is 24.1. The molecule has 2 aromatic rings. The minimum absolute atomic E-state index is 0.125. The zero-order valence-corrected chi connectivity index (χ0v) is 19.4. The molecule has 172 valence electrons. The second-order valence-electron chi connectivity index (χ2n) is 7.25. The van der Waals surface area contributed by atoms with E-state index in [9.17, 15) is 17.9 Å². The van der Waals surface area contributed by atoms with Crippen molar-refractivity contribution in [1.29, 1.82) is 0 Å². The van der Waals surface area contributed by atoms with Crippen molar-refractivity contribution in [3.63, 3.8) is 0 Å². The molecule has 0 saturated carbocycles. The Morgan fingerprint density at radius 1 is 1.35 bits per heavy atom. The Kier molecular flexibility index (Phi) is 8.87. The largest absolute Gasteiger partial charge is 0.395 e. The topological polar surface area (TPSA) is 107 Å². The van der Waals surface area contributed by atoms with E-state index in [4.69, 9.17) is 11.6 Å². The third kappa shape index (κ3) is 6.74. The number of halogens is 2. The van der Waals surface area contributed by atoms with Gasteiger partial charge >= 0.3 is 0 Å². The third-order valence-corrected chi connectivity index (χ3v) is 7.59. The van der Waals surface area contributed by atoms with Crippen LogP contribution >= 0.6 is 22.9 Å². The molecule has 1 atom stereocenters. The van der Waals surface area contributed by atoms with Crippen LogP contribution in [0.2, 0.25) is 5.02 Å². The molecular formula is C19H27ClFN5O3S2. The zero-order chi connectivity index (χ0) is 22.3. The van der Waals surface area contributed by atoms with Gasteiger partial charge in [0.05, 0.1) is 17.3 Å². The van der Waals surface area contributed by atoms with Crippen LogP contribution in [-0.4, -0.2) is 68.8 Å². The summed E-state index contributed by atoms with van der Waals surface area (Å²) < 4.78 is 41.6. The smallest absolute Gasteiger partial charge is 0.266 e. The summed E-state index contributed by atoms with van der Waals surface area (Å²) in [7, 11) is -4.13. The normalized spacial score (nSPS) is 18.0. The molecule has 8 nitrogen and oxygen atoms in total. The summed E-state index contributed by atoms with van der Waals surface area (Å²) in [6, 6.07) is 2.38. The van der Waals surface area contributed by atoms with Gasteiger partial charge in [0, 0.05) is 37.3 Å². The number of anilines is 2. The molecule has 31 heavy (non-hydrogen) atoms. The maximum absolute atomic E-state index is 14.5. The minimum atomic E-state index is -4.13. The number of rotatable bonds is 10. The second kappa shape index (κ2) is 11.4. The van der Waals surface area contributed by atoms with Crippen molar-refractivity contribution in [3.05, 3.63) is 34.5 Å². The van der Waals surface area contributed by atoms with Crippen LogP contribution in [0.25, 0.3) is 0 Å². The Morgan fingerprint density at radius 3 is 2.94 bits per heavy atom. The predicted molar refractivity (Wildman–Crippen MR) is 122 cm³/mol. The van der Waals surface area contributed by atoms with Gasteiger partial charge in [-0.3, -0.25) is 9.62 Å². The second-order valence-corrected chi connectivity index (χ2v) is 10.2. The molecule has 1 aliphatic heterocycles. The lowest BCUT2D eigenvalue weighted by molar-refractivity contribution is 0.127. The summed E-state index contributed by atoms with van der Waals surface area (Å²) in [4.78, 5) is 5.61. The molecule has 0 bridgehead atoms. The number of hydrogen-bond acceptors (Lipinski definition) is 8. The van der Waals surface area contributed by atoms with Gasteiger partial charge in [-0.15, -0.1) is 11.3 Å². The van der Waals surface area contributed by atoms with Crippen LogP contribution in [-0.2, 0) is 10.0 Å². The summed E-state index contributed by atoms with van der Waals surface area (Å²) in [5, 5.41) is 17.9. The molecule has 1 aromatic heterocycles. The molecule has 2 heterocycles. The summed E-state index contributed by atoms with van der Waals surface area (Å²) in [6.45, 7) is 4.33. The summed E-state index contributed by atoms with van der Waals surface area (Å²) in [6.07, 6.45) is 4.11. The standard InChI is InChI=1S/C19H27ClFN5O3S2/c20-15-11-18(31(28,29)25-19-24-7-10-30-19)16(21)12-17(15)23-4-1-2-8-26-9-6-22-5-3-14(26)13-27/h7,10-12,14,22-23,27H,1-6,8-9,13H2,(H,24,25). The lowest BCUT2D eigenvalue weighted by Crippen LogP contribution is -2.39. The van der Waals surface area contributed by atoms with Crippen LogP contribution in [0, 0.1) is 5.82 Å². The summed E-state index contributed by atoms with van der Waals surface area (Å²) >= 11 is 7.30. The van der Waals surface area contributed by atoms with E-state index in [-0.39, 0.29) is 22.8 Å². The Bertz CT molecular complexity index is 946. The van der Waals surface area contributed by atoms with E-state index in [1.807, 2.05) is 0 Å². The number of thiazole rings is 1. The molecule has 12 heteroatoms. The number of sulfonamides is 1. The quantitative estimate of drug-likeness (QED) is 0.378. The zero-order valence-electron chi connectivity index (χ0n) is 17.0. The fourth-order valence-electron chi connectivity index (χ4n) is 3.46. The average molecular weight is 492 g/mol. The van der Waals surface area contributed by atoms with Gasteiger partial charge in [-0.1, -0.05) is 11.6 Å². The fourth-order valence-corrected chi connectivity index (χ4v) is 5.63. The molecule has 0 amide bonds. The van der Waals surface area contributed by atoms with Gasteiger partial charge < -0.3 is 15.7 Å². The number of unbranched alkanes of at least 4 members (excludes halogenated alkanes) is 1. The Hall–Kier alpha value is -1.50. The predicted octanol–water partition coefficient (Wildman–Crippen LogP) is 2.58. The molecule has 1 aliphatic rings. The van der Waals surface area contributed by atoms with Crippen LogP contribution in [0.4, 0.5) is 15.2 Å². The number of aromatic nitrogens is 1. The van der Waals surface area contributed by atoms with Crippen LogP contribution in [0.1, 0.15) is 19.3 Å². The maximum atomic E-state index is 14.5. The molecule has 1 unspecified atom stereocenters. The lowest BCUT2D eigenvalue weighted by Gasteiger charge is -2.27. The summed E-state index contributed by atoms with van der Waals surface area (Å²) in [5.74, 6) is -0.890. The first-order chi connectivity index (χ1) is 14.9. The minimum Gasteiger partial charge on any atom is -0.395 e. The van der Waals surface area contributed by atoms with E-state index in [0.29, 0.717) is 12.2 Å². The molecule has 3 rings (SSSR count). The molecule has 1 aromatic carbocycles. The monoisotopic (exact) mass is 491 g/mol. The summed E-state index contributed by atoms with van der Waals surface area (Å²) in [5.41, 5.74) is 0.347. The van der Waals surface area contributed by atoms with Crippen molar-refractivity contribution in [1.82, 2.24) is 15.2 Å². The highest BCUT2D eigenvalue weighted by Gasteiger charge is 2.23. The number of nitrogens with one attached hydrogen (secondary N) is 3. The molecule has 0 radical (unpaired) electrons. The van der Waals surface area contributed by atoms with E-state index < -0.39 is 20.7 Å².